The van der Waals surface area contributed by atoms with Crippen LogP contribution < -0.4 is 10.5 Å². The predicted molar refractivity (Wildman–Crippen MR) is 79.6 cm³/mol. The van der Waals surface area contributed by atoms with Crippen LogP contribution in [0.2, 0.25) is 0 Å². The number of carbonyl (C=O) groups is 1. The summed E-state index contributed by atoms with van der Waals surface area (Å²) in [6.45, 7) is 0.192. The normalized spacial score (nSPS) is 10.2. The summed E-state index contributed by atoms with van der Waals surface area (Å²) in [6, 6.07) is 11.2. The van der Waals surface area contributed by atoms with Crippen LogP contribution in [0.3, 0.4) is 0 Å². The average Bonchev–Trinajstić information content (AvgIpc) is 2.48. The van der Waals surface area contributed by atoms with E-state index < -0.39 is 0 Å². The van der Waals surface area contributed by atoms with Crippen LogP contribution in [0.4, 0.5) is 10.1 Å². The van der Waals surface area contributed by atoms with E-state index >= 15 is 0 Å². The maximum atomic E-state index is 13.6. The largest absolute Gasteiger partial charge is 0.495 e. The van der Waals surface area contributed by atoms with E-state index in [4.69, 9.17) is 10.5 Å². The molecule has 1 amide bonds. The van der Waals surface area contributed by atoms with Gasteiger partial charge in [-0.15, -0.1) is 0 Å². The number of anilines is 1. The monoisotopic (exact) mass is 288 g/mol. The van der Waals surface area contributed by atoms with Crippen molar-refractivity contribution in [3.05, 3.63) is 59.4 Å². The number of nitrogens with two attached hydrogens (primary N) is 1. The summed E-state index contributed by atoms with van der Waals surface area (Å²) in [4.78, 5) is 13.8. The molecule has 0 bridgehead atoms. The van der Waals surface area contributed by atoms with E-state index in [9.17, 15) is 9.18 Å². The molecule has 110 valence electrons. The second kappa shape index (κ2) is 6.26. The van der Waals surface area contributed by atoms with Crippen LogP contribution in [0.15, 0.2) is 42.5 Å². The van der Waals surface area contributed by atoms with Crippen molar-refractivity contribution in [2.45, 2.75) is 6.54 Å². The molecule has 2 rings (SSSR count). The smallest absolute Gasteiger partial charge is 0.253 e. The maximum Gasteiger partial charge on any atom is 0.253 e. The summed E-state index contributed by atoms with van der Waals surface area (Å²) < 4.78 is 18.7. The molecule has 0 unspecified atom stereocenters. The molecule has 0 aliphatic carbocycles. The molecule has 2 aromatic carbocycles. The Morgan fingerprint density at radius 3 is 2.62 bits per heavy atom. The molecule has 0 saturated carbocycles. The molecule has 2 N–H and O–H groups in total. The first-order chi connectivity index (χ1) is 10.0. The van der Waals surface area contributed by atoms with Crippen molar-refractivity contribution in [2.24, 2.45) is 0 Å². The highest BCUT2D eigenvalue weighted by atomic mass is 19.1. The zero-order valence-corrected chi connectivity index (χ0v) is 12.0. The van der Waals surface area contributed by atoms with E-state index in [0.29, 0.717) is 22.6 Å². The van der Waals surface area contributed by atoms with Gasteiger partial charge in [-0.05, 0) is 24.3 Å². The topological polar surface area (TPSA) is 55.6 Å². The van der Waals surface area contributed by atoms with E-state index in [2.05, 4.69) is 0 Å². The zero-order chi connectivity index (χ0) is 15.4. The summed E-state index contributed by atoms with van der Waals surface area (Å²) >= 11 is 0. The third-order valence-corrected chi connectivity index (χ3v) is 3.19. The number of amides is 1. The highest BCUT2D eigenvalue weighted by Gasteiger charge is 2.15. The molecule has 0 radical (unpaired) electrons. The SMILES string of the molecule is COc1ccc(C(=O)N(C)Cc2ccccc2F)cc1N. The minimum atomic E-state index is -0.327. The molecule has 21 heavy (non-hydrogen) atoms. The Bertz CT molecular complexity index is 658. The van der Waals surface area contributed by atoms with Gasteiger partial charge in [0.25, 0.3) is 5.91 Å². The van der Waals surface area contributed by atoms with Gasteiger partial charge in [-0.25, -0.2) is 4.39 Å². The average molecular weight is 288 g/mol. The van der Waals surface area contributed by atoms with Gasteiger partial charge >= 0.3 is 0 Å². The Labute approximate surface area is 122 Å². The van der Waals surface area contributed by atoms with Gasteiger partial charge in [-0.2, -0.15) is 0 Å². The molecular formula is C16H17FN2O2. The van der Waals surface area contributed by atoms with Crippen molar-refractivity contribution >= 4 is 11.6 Å². The lowest BCUT2D eigenvalue weighted by Crippen LogP contribution is -2.26. The maximum absolute atomic E-state index is 13.6. The molecule has 0 spiro atoms. The van der Waals surface area contributed by atoms with E-state index in [1.54, 1.807) is 43.4 Å². The third kappa shape index (κ3) is 3.31. The zero-order valence-electron chi connectivity index (χ0n) is 12.0. The van der Waals surface area contributed by atoms with E-state index in [0.717, 1.165) is 0 Å². The minimum absolute atomic E-state index is 0.192. The number of benzene rings is 2. The van der Waals surface area contributed by atoms with Gasteiger partial charge in [0.1, 0.15) is 11.6 Å². The quantitative estimate of drug-likeness (QED) is 0.880. The number of nitrogen functional groups attached to an aromatic ring is 1. The number of ether oxygens (including phenoxy) is 1. The highest BCUT2D eigenvalue weighted by molar-refractivity contribution is 5.95. The summed E-state index contributed by atoms with van der Waals surface area (Å²) in [5.41, 5.74) is 7.09. The molecule has 5 heteroatoms. The molecule has 0 atom stereocenters. The Hall–Kier alpha value is -2.56. The van der Waals surface area contributed by atoms with Crippen LogP contribution in [-0.2, 0) is 6.54 Å². The Morgan fingerprint density at radius 1 is 1.29 bits per heavy atom. The second-order valence-corrected chi connectivity index (χ2v) is 4.71. The Balaban J connectivity index is 2.16. The fraction of sp³-hybridized carbons (Fsp3) is 0.188. The van der Waals surface area contributed by atoms with Crippen LogP contribution in [0.1, 0.15) is 15.9 Å². The van der Waals surface area contributed by atoms with Crippen LogP contribution in [0.25, 0.3) is 0 Å². The fourth-order valence-corrected chi connectivity index (χ4v) is 2.04. The number of methoxy groups -OCH3 is 1. The molecule has 0 aliphatic rings. The first-order valence-electron chi connectivity index (χ1n) is 6.45. The van der Waals surface area contributed by atoms with Crippen molar-refractivity contribution in [3.63, 3.8) is 0 Å². The standard InChI is InChI=1S/C16H17FN2O2/c1-19(10-12-5-3-4-6-13(12)17)16(20)11-7-8-15(21-2)14(18)9-11/h3-9H,10,18H2,1-2H3. The lowest BCUT2D eigenvalue weighted by Gasteiger charge is -2.18. The minimum Gasteiger partial charge on any atom is -0.495 e. The fourth-order valence-electron chi connectivity index (χ4n) is 2.04. The van der Waals surface area contributed by atoms with Gasteiger partial charge in [0.15, 0.2) is 0 Å². The van der Waals surface area contributed by atoms with Gasteiger partial charge in [0, 0.05) is 24.7 Å². The van der Waals surface area contributed by atoms with E-state index in [1.165, 1.54) is 18.1 Å². The molecule has 0 aromatic heterocycles. The van der Waals surface area contributed by atoms with Gasteiger partial charge in [-0.3, -0.25) is 4.79 Å². The van der Waals surface area contributed by atoms with E-state index in [-0.39, 0.29) is 18.3 Å². The number of hydrogen-bond acceptors (Lipinski definition) is 3. The number of hydrogen-bond donors (Lipinski definition) is 1. The molecule has 4 nitrogen and oxygen atoms in total. The van der Waals surface area contributed by atoms with Gasteiger partial charge in [-0.1, -0.05) is 18.2 Å². The number of carbonyl (C=O) groups excluding carboxylic acids is 1. The van der Waals surface area contributed by atoms with Crippen molar-refractivity contribution < 1.29 is 13.9 Å². The molecule has 0 fully saturated rings. The number of halogens is 1. The lowest BCUT2D eigenvalue weighted by atomic mass is 10.1. The van der Waals surface area contributed by atoms with Crippen LogP contribution in [0, 0.1) is 5.82 Å². The van der Waals surface area contributed by atoms with Gasteiger partial charge in [0.2, 0.25) is 0 Å². The highest BCUT2D eigenvalue weighted by Crippen LogP contribution is 2.23. The van der Waals surface area contributed by atoms with Crippen LogP contribution in [0.5, 0.6) is 5.75 Å². The lowest BCUT2D eigenvalue weighted by molar-refractivity contribution is 0.0784. The second-order valence-electron chi connectivity index (χ2n) is 4.71. The summed E-state index contributed by atoms with van der Waals surface area (Å²) in [5, 5.41) is 0. The first kappa shape index (κ1) is 14.8. The van der Waals surface area contributed by atoms with E-state index in [1.807, 2.05) is 0 Å². The first-order valence-corrected chi connectivity index (χ1v) is 6.45. The predicted octanol–water partition coefficient (Wildman–Crippen LogP) is 2.69. The Morgan fingerprint density at radius 2 is 2.00 bits per heavy atom. The van der Waals surface area contributed by atoms with Crippen molar-refractivity contribution in [3.8, 4) is 5.75 Å². The van der Waals surface area contributed by atoms with Crippen molar-refractivity contribution in [1.82, 2.24) is 4.90 Å². The molecule has 0 saturated heterocycles. The van der Waals surface area contributed by atoms with Gasteiger partial charge < -0.3 is 15.4 Å². The summed E-state index contributed by atoms with van der Waals surface area (Å²) in [6.07, 6.45) is 0. The van der Waals surface area contributed by atoms with Crippen LogP contribution in [-0.4, -0.2) is 25.0 Å². The Kier molecular flexibility index (Phi) is 4.42. The summed E-state index contributed by atoms with van der Waals surface area (Å²) in [7, 11) is 3.13. The van der Waals surface area contributed by atoms with Crippen LogP contribution >= 0.6 is 0 Å². The van der Waals surface area contributed by atoms with Gasteiger partial charge in [0.05, 0.1) is 12.8 Å². The molecule has 0 heterocycles. The molecular weight excluding hydrogens is 271 g/mol. The molecule has 2 aromatic rings. The molecule has 0 aliphatic heterocycles. The van der Waals surface area contributed by atoms with Crippen molar-refractivity contribution in [1.29, 1.82) is 0 Å². The number of nitrogens with zero attached hydrogens (tertiary/aromatic N) is 1. The summed E-state index contributed by atoms with van der Waals surface area (Å²) in [5.74, 6) is -0.0395. The third-order valence-electron chi connectivity index (χ3n) is 3.19. The number of rotatable bonds is 4. The van der Waals surface area contributed by atoms with Crippen molar-refractivity contribution in [2.75, 3.05) is 19.9 Å².